The summed E-state index contributed by atoms with van der Waals surface area (Å²) in [6.07, 6.45) is 5.05. The van der Waals surface area contributed by atoms with E-state index in [2.05, 4.69) is 37.8 Å². The summed E-state index contributed by atoms with van der Waals surface area (Å²) in [6, 6.07) is 0. The van der Waals surface area contributed by atoms with Gasteiger partial charge in [-0.2, -0.15) is 5.10 Å². The van der Waals surface area contributed by atoms with Gasteiger partial charge in [0.1, 0.15) is 12.2 Å². The van der Waals surface area contributed by atoms with E-state index in [1.165, 1.54) is 0 Å². The van der Waals surface area contributed by atoms with Crippen LogP contribution in [0.4, 0.5) is 0 Å². The van der Waals surface area contributed by atoms with Crippen LogP contribution in [-0.4, -0.2) is 32.5 Å². The van der Waals surface area contributed by atoms with Crippen LogP contribution in [0.2, 0.25) is 0 Å². The van der Waals surface area contributed by atoms with Crippen molar-refractivity contribution in [1.82, 2.24) is 14.8 Å². The highest BCUT2D eigenvalue weighted by molar-refractivity contribution is 5.04. The average molecular weight is 294 g/mol. The fourth-order valence-electron chi connectivity index (χ4n) is 3.71. The Hall–Kier alpha value is -0.940. The lowest BCUT2D eigenvalue weighted by Gasteiger charge is -2.49. The van der Waals surface area contributed by atoms with Crippen LogP contribution in [0.25, 0.3) is 0 Å². The third-order valence-corrected chi connectivity index (χ3v) is 4.97. The number of hydrogen-bond donors (Lipinski definition) is 2. The minimum atomic E-state index is -0.395. The average Bonchev–Trinajstić information content (AvgIpc) is 2.81. The van der Waals surface area contributed by atoms with Crippen molar-refractivity contribution in [2.75, 3.05) is 6.54 Å². The van der Waals surface area contributed by atoms with E-state index < -0.39 is 6.10 Å². The number of aliphatic hydroxyl groups is 1. The Kier molecular flexibility index (Phi) is 4.73. The summed E-state index contributed by atoms with van der Waals surface area (Å²) in [7, 11) is 0. The molecular formula is C16H30N4O. The quantitative estimate of drug-likeness (QED) is 0.870. The lowest BCUT2D eigenvalue weighted by molar-refractivity contribution is -0.0896. The molecule has 1 heterocycles. The minimum absolute atomic E-state index is 0.0828. The normalized spacial score (nSPS) is 29.0. The second kappa shape index (κ2) is 6.05. The first-order valence-electron chi connectivity index (χ1n) is 8.05. The van der Waals surface area contributed by atoms with Crippen molar-refractivity contribution in [2.24, 2.45) is 22.5 Å². The van der Waals surface area contributed by atoms with Crippen LogP contribution in [0.1, 0.15) is 52.8 Å². The second-order valence-electron chi connectivity index (χ2n) is 7.74. The predicted molar refractivity (Wildman–Crippen MR) is 83.7 cm³/mol. The highest BCUT2D eigenvalue weighted by Gasteiger charge is 2.48. The highest BCUT2D eigenvalue weighted by Crippen LogP contribution is 2.47. The van der Waals surface area contributed by atoms with Crippen molar-refractivity contribution in [1.29, 1.82) is 0 Å². The predicted octanol–water partition coefficient (Wildman–Crippen LogP) is 1.99. The monoisotopic (exact) mass is 294 g/mol. The molecule has 5 heteroatoms. The van der Waals surface area contributed by atoms with E-state index in [9.17, 15) is 5.11 Å². The summed E-state index contributed by atoms with van der Waals surface area (Å²) in [5.41, 5.74) is 5.74. The molecule has 2 atom stereocenters. The van der Waals surface area contributed by atoms with E-state index in [0.29, 0.717) is 18.9 Å². The Morgan fingerprint density at radius 2 is 2.14 bits per heavy atom. The molecule has 3 N–H and O–H groups in total. The van der Waals surface area contributed by atoms with Crippen LogP contribution < -0.4 is 5.73 Å². The summed E-state index contributed by atoms with van der Waals surface area (Å²) in [6.45, 7) is 9.97. The maximum Gasteiger partial charge on any atom is 0.138 e. The SMILES string of the molecule is CC(C)Cn1ncnc1CC1(CN)CCCC(C)(C)C1O. The topological polar surface area (TPSA) is 77.0 Å². The zero-order valence-corrected chi connectivity index (χ0v) is 13.8. The fourth-order valence-corrected chi connectivity index (χ4v) is 3.71. The summed E-state index contributed by atoms with van der Waals surface area (Å²) >= 11 is 0. The lowest BCUT2D eigenvalue weighted by Crippen LogP contribution is -2.53. The Labute approximate surface area is 127 Å². The maximum atomic E-state index is 10.9. The third-order valence-electron chi connectivity index (χ3n) is 4.97. The summed E-state index contributed by atoms with van der Waals surface area (Å²) in [5.74, 6) is 1.47. The zero-order chi connectivity index (χ0) is 15.7. The van der Waals surface area contributed by atoms with Crippen LogP contribution in [0, 0.1) is 16.7 Å². The van der Waals surface area contributed by atoms with Gasteiger partial charge in [-0.15, -0.1) is 0 Å². The van der Waals surface area contributed by atoms with Gasteiger partial charge >= 0.3 is 0 Å². The molecule has 1 fully saturated rings. The van der Waals surface area contributed by atoms with E-state index in [1.807, 2.05) is 4.68 Å². The maximum absolute atomic E-state index is 10.9. The largest absolute Gasteiger partial charge is 0.392 e. The van der Waals surface area contributed by atoms with Gasteiger partial charge in [0.05, 0.1) is 6.10 Å². The van der Waals surface area contributed by atoms with Gasteiger partial charge in [-0.3, -0.25) is 0 Å². The fraction of sp³-hybridized carbons (Fsp3) is 0.875. The molecule has 2 unspecified atom stereocenters. The number of hydrogen-bond acceptors (Lipinski definition) is 4. The molecule has 5 nitrogen and oxygen atoms in total. The number of nitrogens with two attached hydrogens (primary N) is 1. The summed E-state index contributed by atoms with van der Waals surface area (Å²) in [5, 5.41) is 15.2. The van der Waals surface area contributed by atoms with E-state index >= 15 is 0 Å². The van der Waals surface area contributed by atoms with E-state index in [4.69, 9.17) is 5.73 Å². The molecule has 0 aliphatic heterocycles. The third kappa shape index (κ3) is 3.29. The summed E-state index contributed by atoms with van der Waals surface area (Å²) < 4.78 is 1.97. The molecule has 1 aromatic heterocycles. The number of aliphatic hydroxyl groups excluding tert-OH is 1. The van der Waals surface area contributed by atoms with Crippen LogP contribution in [0.5, 0.6) is 0 Å². The molecule has 0 radical (unpaired) electrons. The van der Waals surface area contributed by atoms with Crippen molar-refractivity contribution in [3.8, 4) is 0 Å². The number of nitrogens with zero attached hydrogens (tertiary/aromatic N) is 3. The first-order chi connectivity index (χ1) is 9.81. The Balaban J connectivity index is 2.24. The van der Waals surface area contributed by atoms with E-state index in [0.717, 1.165) is 31.6 Å². The molecule has 0 spiro atoms. The Morgan fingerprint density at radius 1 is 1.43 bits per heavy atom. The molecule has 0 bridgehead atoms. The molecular weight excluding hydrogens is 264 g/mol. The van der Waals surface area contributed by atoms with Crippen LogP contribution in [0.3, 0.4) is 0 Å². The molecule has 0 amide bonds. The molecule has 120 valence electrons. The zero-order valence-electron chi connectivity index (χ0n) is 13.8. The molecule has 21 heavy (non-hydrogen) atoms. The molecule has 1 aliphatic rings. The molecule has 2 rings (SSSR count). The minimum Gasteiger partial charge on any atom is -0.392 e. The molecule has 0 aromatic carbocycles. The van der Waals surface area contributed by atoms with Crippen molar-refractivity contribution in [3.05, 3.63) is 12.2 Å². The van der Waals surface area contributed by atoms with E-state index in [1.54, 1.807) is 6.33 Å². The Morgan fingerprint density at radius 3 is 2.76 bits per heavy atom. The summed E-state index contributed by atoms with van der Waals surface area (Å²) in [4.78, 5) is 4.42. The van der Waals surface area contributed by atoms with Gasteiger partial charge in [0.2, 0.25) is 0 Å². The van der Waals surface area contributed by atoms with Gasteiger partial charge in [0.25, 0.3) is 0 Å². The van der Waals surface area contributed by atoms with Crippen molar-refractivity contribution in [3.63, 3.8) is 0 Å². The molecule has 0 saturated heterocycles. The second-order valence-corrected chi connectivity index (χ2v) is 7.74. The molecule has 1 aliphatic carbocycles. The van der Waals surface area contributed by atoms with Crippen molar-refractivity contribution in [2.45, 2.75) is 66.0 Å². The number of aromatic nitrogens is 3. The standard InChI is InChI=1S/C16H30N4O/c1-12(2)9-20-13(18-11-19-20)8-16(10-17)7-5-6-15(3,4)14(16)21/h11-12,14,21H,5-10,17H2,1-4H3. The van der Waals surface area contributed by atoms with Gasteiger partial charge in [-0.1, -0.05) is 34.1 Å². The molecule has 1 aromatic rings. The van der Waals surface area contributed by atoms with Gasteiger partial charge in [0, 0.05) is 24.9 Å². The van der Waals surface area contributed by atoms with E-state index in [-0.39, 0.29) is 10.8 Å². The van der Waals surface area contributed by atoms with Crippen molar-refractivity contribution >= 4 is 0 Å². The van der Waals surface area contributed by atoms with Crippen LogP contribution in [-0.2, 0) is 13.0 Å². The van der Waals surface area contributed by atoms with Gasteiger partial charge in [0.15, 0.2) is 0 Å². The highest BCUT2D eigenvalue weighted by atomic mass is 16.3. The van der Waals surface area contributed by atoms with Crippen molar-refractivity contribution < 1.29 is 5.11 Å². The van der Waals surface area contributed by atoms with Gasteiger partial charge < -0.3 is 10.8 Å². The first-order valence-corrected chi connectivity index (χ1v) is 8.05. The van der Waals surface area contributed by atoms with Gasteiger partial charge in [-0.25, -0.2) is 9.67 Å². The molecule has 1 saturated carbocycles. The lowest BCUT2D eigenvalue weighted by atomic mass is 9.59. The van der Waals surface area contributed by atoms with Gasteiger partial charge in [-0.05, 0) is 24.2 Å². The first kappa shape index (κ1) is 16.4. The van der Waals surface area contributed by atoms with Crippen LogP contribution in [0.15, 0.2) is 6.33 Å². The number of rotatable bonds is 5. The smallest absolute Gasteiger partial charge is 0.138 e. The Bertz CT molecular complexity index is 469. The van der Waals surface area contributed by atoms with Crippen LogP contribution >= 0.6 is 0 Å².